The fourth-order valence-electron chi connectivity index (χ4n) is 4.65. The highest BCUT2D eigenvalue weighted by atomic mass is 79.9. The third-order valence-corrected chi connectivity index (χ3v) is 7.05. The van der Waals surface area contributed by atoms with Crippen LogP contribution < -0.4 is 10.1 Å². The van der Waals surface area contributed by atoms with Crippen LogP contribution >= 0.6 is 15.9 Å². The summed E-state index contributed by atoms with van der Waals surface area (Å²) >= 11 is 3.55. The molecule has 2 aliphatic rings. The molecular weight excluding hydrogens is 326 g/mol. The van der Waals surface area contributed by atoms with Gasteiger partial charge < -0.3 is 10.1 Å². The van der Waals surface area contributed by atoms with Gasteiger partial charge in [-0.15, -0.1) is 0 Å². The van der Waals surface area contributed by atoms with Crippen LogP contribution in [-0.4, -0.2) is 13.2 Å². The van der Waals surface area contributed by atoms with Crippen LogP contribution in [0.5, 0.6) is 5.75 Å². The summed E-state index contributed by atoms with van der Waals surface area (Å²) in [4.78, 5) is 0. The number of anilines is 1. The largest absolute Gasteiger partial charge is 0.495 e. The molecule has 116 valence electrons. The Balaban J connectivity index is 1.93. The normalized spacial score (nSPS) is 33.2. The summed E-state index contributed by atoms with van der Waals surface area (Å²) in [6.45, 7) is 9.53. The molecule has 3 atom stereocenters. The van der Waals surface area contributed by atoms with Crippen molar-refractivity contribution < 1.29 is 4.74 Å². The minimum Gasteiger partial charge on any atom is -0.495 e. The number of methoxy groups -OCH3 is 1. The summed E-state index contributed by atoms with van der Waals surface area (Å²) < 4.78 is 6.66. The molecule has 2 bridgehead atoms. The molecule has 2 nitrogen and oxygen atoms in total. The molecule has 0 aromatic heterocycles. The molecule has 0 spiro atoms. The number of ether oxygens (including phenoxy) is 1. The van der Waals surface area contributed by atoms with Gasteiger partial charge in [-0.1, -0.05) is 36.7 Å². The molecule has 3 unspecified atom stereocenters. The van der Waals surface area contributed by atoms with E-state index in [1.807, 2.05) is 0 Å². The van der Waals surface area contributed by atoms with Crippen molar-refractivity contribution in [1.29, 1.82) is 0 Å². The zero-order valence-electron chi connectivity index (χ0n) is 13.7. The zero-order valence-corrected chi connectivity index (χ0v) is 15.3. The van der Waals surface area contributed by atoms with E-state index in [2.05, 4.69) is 61.1 Å². The van der Waals surface area contributed by atoms with Crippen LogP contribution in [0.15, 0.2) is 16.6 Å². The molecule has 1 aromatic rings. The Hall–Kier alpha value is -0.700. The topological polar surface area (TPSA) is 21.3 Å². The van der Waals surface area contributed by atoms with Crippen molar-refractivity contribution in [3.05, 3.63) is 22.2 Å². The van der Waals surface area contributed by atoms with E-state index in [1.165, 1.54) is 24.8 Å². The van der Waals surface area contributed by atoms with E-state index in [0.717, 1.165) is 21.8 Å². The van der Waals surface area contributed by atoms with Crippen molar-refractivity contribution in [3.63, 3.8) is 0 Å². The summed E-state index contributed by atoms with van der Waals surface area (Å²) in [5, 5.41) is 3.84. The molecule has 1 aromatic carbocycles. The molecule has 0 radical (unpaired) electrons. The van der Waals surface area contributed by atoms with Crippen molar-refractivity contribution in [3.8, 4) is 5.75 Å². The van der Waals surface area contributed by atoms with Gasteiger partial charge in [-0.05, 0) is 60.6 Å². The molecule has 2 aliphatic carbocycles. The van der Waals surface area contributed by atoms with Gasteiger partial charge in [0.2, 0.25) is 0 Å². The first-order valence-corrected chi connectivity index (χ1v) is 8.69. The van der Waals surface area contributed by atoms with Crippen LogP contribution in [0.1, 0.15) is 45.6 Å². The standard InChI is InChI=1S/C18H26BrNO/c1-11-8-13(19)10-14(21-5)16(11)20-15-9-12-6-7-18(15,4)17(12,2)3/h8,10,12,15,20H,6-7,9H2,1-5H3. The van der Waals surface area contributed by atoms with E-state index < -0.39 is 0 Å². The molecule has 3 heteroatoms. The van der Waals surface area contributed by atoms with Crippen LogP contribution in [0.2, 0.25) is 0 Å². The van der Waals surface area contributed by atoms with Gasteiger partial charge in [0, 0.05) is 10.5 Å². The predicted octanol–water partition coefficient (Wildman–Crippen LogP) is 5.39. The molecule has 2 fully saturated rings. The molecule has 0 saturated heterocycles. The molecule has 1 N–H and O–H groups in total. The van der Waals surface area contributed by atoms with E-state index in [0.29, 0.717) is 16.9 Å². The first kappa shape index (κ1) is 15.2. The smallest absolute Gasteiger partial charge is 0.143 e. The lowest BCUT2D eigenvalue weighted by Gasteiger charge is -2.40. The van der Waals surface area contributed by atoms with E-state index in [9.17, 15) is 0 Å². The Bertz CT molecular complexity index is 569. The number of hydrogen-bond acceptors (Lipinski definition) is 2. The number of fused-ring (bicyclic) bond motifs is 2. The van der Waals surface area contributed by atoms with E-state index in [4.69, 9.17) is 4.74 Å². The SMILES string of the molecule is COc1cc(Br)cc(C)c1NC1CC2CCC1(C)C2(C)C. The molecule has 0 aliphatic heterocycles. The lowest BCUT2D eigenvalue weighted by atomic mass is 9.69. The maximum atomic E-state index is 5.59. The van der Waals surface area contributed by atoms with Gasteiger partial charge in [0.15, 0.2) is 0 Å². The first-order chi connectivity index (χ1) is 9.79. The van der Waals surface area contributed by atoms with Crippen LogP contribution in [0.25, 0.3) is 0 Å². The molecule has 2 saturated carbocycles. The molecule has 0 amide bonds. The summed E-state index contributed by atoms with van der Waals surface area (Å²) in [5.41, 5.74) is 3.21. The van der Waals surface area contributed by atoms with Crippen LogP contribution in [-0.2, 0) is 0 Å². The summed E-state index contributed by atoms with van der Waals surface area (Å²) in [6, 6.07) is 4.75. The quantitative estimate of drug-likeness (QED) is 0.787. The highest BCUT2D eigenvalue weighted by Crippen LogP contribution is 2.66. The van der Waals surface area contributed by atoms with Gasteiger partial charge in [-0.3, -0.25) is 0 Å². The number of nitrogens with one attached hydrogen (secondary N) is 1. The zero-order chi connectivity index (χ0) is 15.4. The van der Waals surface area contributed by atoms with Gasteiger partial charge in [0.1, 0.15) is 5.75 Å². The number of benzene rings is 1. The highest BCUT2D eigenvalue weighted by molar-refractivity contribution is 9.10. The van der Waals surface area contributed by atoms with Crippen molar-refractivity contribution in [2.45, 2.75) is 53.0 Å². The second-order valence-corrected chi connectivity index (χ2v) is 8.52. The van der Waals surface area contributed by atoms with Gasteiger partial charge in [0.25, 0.3) is 0 Å². The van der Waals surface area contributed by atoms with Crippen molar-refractivity contribution in [1.82, 2.24) is 0 Å². The molecule has 3 rings (SSSR count). The lowest BCUT2D eigenvalue weighted by molar-refractivity contribution is 0.142. The highest BCUT2D eigenvalue weighted by Gasteiger charge is 2.61. The second kappa shape index (κ2) is 4.91. The fourth-order valence-corrected chi connectivity index (χ4v) is 5.21. The van der Waals surface area contributed by atoms with Crippen molar-refractivity contribution in [2.75, 3.05) is 12.4 Å². The van der Waals surface area contributed by atoms with Gasteiger partial charge in [0.05, 0.1) is 12.8 Å². The molecule has 0 heterocycles. The summed E-state index contributed by atoms with van der Waals surface area (Å²) in [6.07, 6.45) is 4.00. The number of hydrogen-bond donors (Lipinski definition) is 1. The van der Waals surface area contributed by atoms with E-state index >= 15 is 0 Å². The monoisotopic (exact) mass is 351 g/mol. The average molecular weight is 352 g/mol. The van der Waals surface area contributed by atoms with Crippen molar-refractivity contribution in [2.24, 2.45) is 16.7 Å². The minimum absolute atomic E-state index is 0.377. The minimum atomic E-state index is 0.377. The predicted molar refractivity (Wildman–Crippen MR) is 92.1 cm³/mol. The van der Waals surface area contributed by atoms with Gasteiger partial charge >= 0.3 is 0 Å². The van der Waals surface area contributed by atoms with Crippen LogP contribution in [0.4, 0.5) is 5.69 Å². The Morgan fingerprint density at radius 3 is 2.52 bits per heavy atom. The third kappa shape index (κ3) is 2.11. The summed E-state index contributed by atoms with van der Waals surface area (Å²) in [7, 11) is 1.75. The van der Waals surface area contributed by atoms with Crippen LogP contribution in [0, 0.1) is 23.7 Å². The van der Waals surface area contributed by atoms with Gasteiger partial charge in [-0.25, -0.2) is 0 Å². The van der Waals surface area contributed by atoms with Gasteiger partial charge in [-0.2, -0.15) is 0 Å². The maximum Gasteiger partial charge on any atom is 0.143 e. The maximum absolute atomic E-state index is 5.59. The summed E-state index contributed by atoms with van der Waals surface area (Å²) in [5.74, 6) is 1.79. The van der Waals surface area contributed by atoms with Crippen LogP contribution in [0.3, 0.4) is 0 Å². The Morgan fingerprint density at radius 1 is 1.29 bits per heavy atom. The van der Waals surface area contributed by atoms with Crippen molar-refractivity contribution >= 4 is 21.6 Å². The average Bonchev–Trinajstić information content (AvgIpc) is 2.74. The third-order valence-electron chi connectivity index (χ3n) is 6.60. The number of aryl methyl sites for hydroxylation is 1. The van der Waals surface area contributed by atoms with E-state index in [-0.39, 0.29) is 0 Å². The Labute approximate surface area is 136 Å². The number of rotatable bonds is 3. The Morgan fingerprint density at radius 2 is 2.00 bits per heavy atom. The Kier molecular flexibility index (Phi) is 3.55. The molecular formula is C18H26BrNO. The van der Waals surface area contributed by atoms with E-state index in [1.54, 1.807) is 7.11 Å². The lowest BCUT2D eigenvalue weighted by Crippen LogP contribution is -2.40. The second-order valence-electron chi connectivity index (χ2n) is 7.61. The molecule has 21 heavy (non-hydrogen) atoms. The fraction of sp³-hybridized carbons (Fsp3) is 0.667. The first-order valence-electron chi connectivity index (χ1n) is 7.90. The number of halogens is 1.